The summed E-state index contributed by atoms with van der Waals surface area (Å²) in [5, 5.41) is 21.4. The first-order valence-corrected chi connectivity index (χ1v) is 15.5. The van der Waals surface area contributed by atoms with E-state index in [1.165, 1.54) is 10.3 Å². The Morgan fingerprint density at radius 2 is 1.87 bits per heavy atom. The maximum atomic E-state index is 11.2. The summed E-state index contributed by atoms with van der Waals surface area (Å²) in [6.07, 6.45) is 8.40. The second-order valence-corrected chi connectivity index (χ2v) is 13.3. The Hall–Kier alpha value is -2.93. The summed E-state index contributed by atoms with van der Waals surface area (Å²) in [7, 11) is 0. The zero-order valence-electron chi connectivity index (χ0n) is 22.5. The van der Waals surface area contributed by atoms with E-state index < -0.39 is 11.6 Å². The number of benzene rings is 3. The van der Waals surface area contributed by atoms with Crippen molar-refractivity contribution in [2.24, 2.45) is 5.41 Å². The minimum atomic E-state index is -0.981. The Morgan fingerprint density at radius 3 is 2.62 bits per heavy atom. The molecule has 1 aromatic heterocycles. The Bertz CT molecular complexity index is 1460. The number of fused-ring (bicyclic) bond motifs is 1. The number of carboxylic acids is 1. The van der Waals surface area contributed by atoms with E-state index >= 15 is 0 Å². The Labute approximate surface area is 238 Å². The molecule has 1 aliphatic rings. The van der Waals surface area contributed by atoms with Crippen molar-refractivity contribution in [3.05, 3.63) is 88.4 Å². The van der Waals surface area contributed by atoms with Crippen LogP contribution >= 0.6 is 23.1 Å². The molecule has 4 aromatic rings. The molecule has 0 aliphatic heterocycles. The lowest BCUT2D eigenvalue weighted by Crippen LogP contribution is -2.19. The van der Waals surface area contributed by atoms with E-state index in [9.17, 15) is 9.90 Å². The standard InChI is InChI=1S/C33H35NO3S2/c1-32(2,37)31-24(11-7-19-38-22-33(17-18-33)21-30(35)36)9-6-12-26(31)25-10-5-8-23(20-25)15-16-29-34-27-13-3-4-14-28(27)39-29/h3-6,8-10,12-16,20,37H,7,11,17-19,21-22H2,1-2H3,(H,35,36). The molecule has 1 aliphatic carbocycles. The number of aliphatic carboxylic acids is 1. The molecule has 1 saturated carbocycles. The van der Waals surface area contributed by atoms with Gasteiger partial charge < -0.3 is 10.2 Å². The monoisotopic (exact) mass is 557 g/mol. The average Bonchev–Trinajstić information content (AvgIpc) is 3.52. The lowest BCUT2D eigenvalue weighted by molar-refractivity contribution is -0.138. The highest BCUT2D eigenvalue weighted by Gasteiger charge is 2.43. The quantitative estimate of drug-likeness (QED) is 0.172. The van der Waals surface area contributed by atoms with Gasteiger partial charge in [-0.3, -0.25) is 4.79 Å². The number of hydrogen-bond donors (Lipinski definition) is 2. The zero-order valence-corrected chi connectivity index (χ0v) is 24.2. The third-order valence-corrected chi connectivity index (χ3v) is 9.71. The smallest absolute Gasteiger partial charge is 0.303 e. The molecule has 0 bridgehead atoms. The van der Waals surface area contributed by atoms with Crippen molar-refractivity contribution in [3.8, 4) is 11.1 Å². The van der Waals surface area contributed by atoms with Gasteiger partial charge in [-0.1, -0.05) is 54.6 Å². The third-order valence-electron chi connectivity index (χ3n) is 7.32. The van der Waals surface area contributed by atoms with Gasteiger partial charge in [0.15, 0.2) is 0 Å². The van der Waals surface area contributed by atoms with Crippen LogP contribution in [0.5, 0.6) is 0 Å². The molecule has 202 valence electrons. The fourth-order valence-electron chi connectivity index (χ4n) is 5.23. The SMILES string of the molecule is CC(C)(O)c1c(CCCSCC2(CC(=O)O)CC2)cccc1-c1cccc(C=Cc2nc3ccccc3s2)c1. The van der Waals surface area contributed by atoms with Crippen molar-refractivity contribution in [2.45, 2.75) is 51.6 Å². The van der Waals surface area contributed by atoms with E-state index in [0.29, 0.717) is 6.42 Å². The van der Waals surface area contributed by atoms with Crippen LogP contribution in [-0.4, -0.2) is 32.7 Å². The minimum absolute atomic E-state index is 0.0289. The van der Waals surface area contributed by atoms with E-state index in [1.807, 2.05) is 43.8 Å². The number of thiazole rings is 1. The maximum absolute atomic E-state index is 11.2. The van der Waals surface area contributed by atoms with Gasteiger partial charge in [0.2, 0.25) is 0 Å². The van der Waals surface area contributed by atoms with Gasteiger partial charge in [-0.2, -0.15) is 11.8 Å². The molecule has 0 unspecified atom stereocenters. The number of rotatable bonds is 12. The predicted octanol–water partition coefficient (Wildman–Crippen LogP) is 8.28. The molecule has 5 rings (SSSR count). The molecule has 39 heavy (non-hydrogen) atoms. The molecule has 1 fully saturated rings. The highest BCUT2D eigenvalue weighted by molar-refractivity contribution is 7.99. The van der Waals surface area contributed by atoms with Crippen molar-refractivity contribution < 1.29 is 15.0 Å². The first kappa shape index (κ1) is 27.6. The molecule has 3 aromatic carbocycles. The molecule has 0 amide bonds. The number of carbonyl (C=O) groups is 1. The van der Waals surface area contributed by atoms with Gasteiger partial charge in [-0.25, -0.2) is 4.98 Å². The van der Waals surface area contributed by atoms with Crippen LogP contribution in [0.1, 0.15) is 61.2 Å². The summed E-state index contributed by atoms with van der Waals surface area (Å²) in [6.45, 7) is 3.73. The van der Waals surface area contributed by atoms with Crippen molar-refractivity contribution in [1.29, 1.82) is 0 Å². The second-order valence-electron chi connectivity index (χ2n) is 11.1. The van der Waals surface area contributed by atoms with E-state index in [1.54, 1.807) is 11.3 Å². The third kappa shape index (κ3) is 6.99. The lowest BCUT2D eigenvalue weighted by atomic mass is 9.84. The number of carboxylic acid groups (broad SMARTS) is 1. The van der Waals surface area contributed by atoms with Crippen LogP contribution in [0.2, 0.25) is 0 Å². The van der Waals surface area contributed by atoms with Gasteiger partial charge in [0.25, 0.3) is 0 Å². The van der Waals surface area contributed by atoms with Gasteiger partial charge in [-0.15, -0.1) is 11.3 Å². The van der Waals surface area contributed by atoms with Crippen LogP contribution in [0, 0.1) is 5.41 Å². The molecule has 0 spiro atoms. The first-order valence-electron chi connectivity index (χ1n) is 13.5. The summed E-state index contributed by atoms with van der Waals surface area (Å²) in [5.41, 5.74) is 5.45. The molecule has 0 atom stereocenters. The number of aliphatic hydroxyl groups is 1. The second kappa shape index (κ2) is 11.7. The number of hydrogen-bond acceptors (Lipinski definition) is 5. The Morgan fingerprint density at radius 1 is 1.08 bits per heavy atom. The molecule has 4 nitrogen and oxygen atoms in total. The summed E-state index contributed by atoms with van der Waals surface area (Å²) >= 11 is 3.55. The topological polar surface area (TPSA) is 70.4 Å². The fourth-order valence-corrected chi connectivity index (χ4v) is 7.42. The maximum Gasteiger partial charge on any atom is 0.303 e. The van der Waals surface area contributed by atoms with E-state index in [2.05, 4.69) is 60.7 Å². The van der Waals surface area contributed by atoms with Gasteiger partial charge in [-0.05, 0) is 109 Å². The number of para-hydroxylation sites is 1. The van der Waals surface area contributed by atoms with Crippen LogP contribution in [0.15, 0.2) is 66.7 Å². The van der Waals surface area contributed by atoms with E-state index in [-0.39, 0.29) is 5.41 Å². The molecule has 1 heterocycles. The average molecular weight is 558 g/mol. The number of aromatic nitrogens is 1. The highest BCUT2D eigenvalue weighted by atomic mass is 32.2. The van der Waals surface area contributed by atoms with Crippen molar-refractivity contribution in [1.82, 2.24) is 4.98 Å². The van der Waals surface area contributed by atoms with Crippen molar-refractivity contribution in [3.63, 3.8) is 0 Å². The Kier molecular flexibility index (Phi) is 8.27. The minimum Gasteiger partial charge on any atom is -0.481 e. The summed E-state index contributed by atoms with van der Waals surface area (Å²) in [5.74, 6) is 1.23. The Balaban J connectivity index is 1.31. The number of nitrogens with zero attached hydrogens (tertiary/aromatic N) is 1. The lowest BCUT2D eigenvalue weighted by Gasteiger charge is -2.26. The van der Waals surface area contributed by atoms with E-state index in [0.717, 1.165) is 70.0 Å². The molecule has 6 heteroatoms. The molecule has 2 N–H and O–H groups in total. The van der Waals surface area contributed by atoms with Crippen LogP contribution in [0.3, 0.4) is 0 Å². The molecule has 0 radical (unpaired) electrons. The molecular weight excluding hydrogens is 523 g/mol. The van der Waals surface area contributed by atoms with Gasteiger partial charge in [0.1, 0.15) is 5.01 Å². The molecule has 0 saturated heterocycles. The van der Waals surface area contributed by atoms with Gasteiger partial charge in [0.05, 0.1) is 22.2 Å². The highest BCUT2D eigenvalue weighted by Crippen LogP contribution is 2.51. The summed E-state index contributed by atoms with van der Waals surface area (Å²) < 4.78 is 1.18. The first-order chi connectivity index (χ1) is 18.7. The van der Waals surface area contributed by atoms with Gasteiger partial charge in [0, 0.05) is 0 Å². The van der Waals surface area contributed by atoms with Crippen LogP contribution in [0.4, 0.5) is 0 Å². The van der Waals surface area contributed by atoms with Crippen LogP contribution in [0.25, 0.3) is 33.5 Å². The summed E-state index contributed by atoms with van der Waals surface area (Å²) in [6, 6.07) is 22.9. The number of aryl methyl sites for hydroxylation is 1. The van der Waals surface area contributed by atoms with Crippen LogP contribution < -0.4 is 0 Å². The fraction of sp³-hybridized carbons (Fsp3) is 0.333. The molecular formula is C33H35NO3S2. The number of thioether (sulfide) groups is 1. The predicted molar refractivity (Wildman–Crippen MR) is 165 cm³/mol. The summed E-state index contributed by atoms with van der Waals surface area (Å²) in [4.78, 5) is 15.8. The van der Waals surface area contributed by atoms with Crippen LogP contribution in [-0.2, 0) is 16.8 Å². The normalized spacial score (nSPS) is 14.7. The van der Waals surface area contributed by atoms with Crippen molar-refractivity contribution in [2.75, 3.05) is 11.5 Å². The van der Waals surface area contributed by atoms with E-state index in [4.69, 9.17) is 10.1 Å². The van der Waals surface area contributed by atoms with Gasteiger partial charge >= 0.3 is 5.97 Å². The van der Waals surface area contributed by atoms with Crippen molar-refractivity contribution >= 4 is 51.4 Å². The largest absolute Gasteiger partial charge is 0.481 e. The zero-order chi connectivity index (χ0) is 27.5.